The molecule has 0 saturated carbocycles. The SMILES string of the molecule is N#Cc1cc(N)cnc1Oc1cc(F)cc(F)c1. The number of nitriles is 1. The molecule has 0 aliphatic rings. The molecule has 4 nitrogen and oxygen atoms in total. The van der Waals surface area contributed by atoms with Gasteiger partial charge in [-0.05, 0) is 6.07 Å². The molecule has 1 aromatic carbocycles. The van der Waals surface area contributed by atoms with E-state index in [0.717, 1.165) is 12.1 Å². The van der Waals surface area contributed by atoms with E-state index < -0.39 is 11.6 Å². The first-order valence-electron chi connectivity index (χ1n) is 4.88. The largest absolute Gasteiger partial charge is 0.437 e. The van der Waals surface area contributed by atoms with Crippen molar-refractivity contribution in [2.45, 2.75) is 0 Å². The molecule has 6 heteroatoms. The van der Waals surface area contributed by atoms with Gasteiger partial charge in [0.05, 0.1) is 11.9 Å². The number of nitrogen functional groups attached to an aromatic ring is 1. The summed E-state index contributed by atoms with van der Waals surface area (Å²) in [5.41, 5.74) is 5.83. The number of nitrogens with zero attached hydrogens (tertiary/aromatic N) is 2. The van der Waals surface area contributed by atoms with E-state index in [-0.39, 0.29) is 17.2 Å². The average molecular weight is 247 g/mol. The Bertz CT molecular complexity index is 617. The summed E-state index contributed by atoms with van der Waals surface area (Å²) in [7, 11) is 0. The van der Waals surface area contributed by atoms with Gasteiger partial charge < -0.3 is 10.5 Å². The fourth-order valence-electron chi connectivity index (χ4n) is 1.33. The summed E-state index contributed by atoms with van der Waals surface area (Å²) in [4.78, 5) is 3.79. The lowest BCUT2D eigenvalue weighted by molar-refractivity contribution is 0.450. The third-order valence-corrected chi connectivity index (χ3v) is 2.04. The van der Waals surface area contributed by atoms with Gasteiger partial charge in [-0.1, -0.05) is 0 Å². The highest BCUT2D eigenvalue weighted by molar-refractivity contribution is 5.49. The van der Waals surface area contributed by atoms with Gasteiger partial charge in [0.15, 0.2) is 0 Å². The van der Waals surface area contributed by atoms with E-state index in [2.05, 4.69) is 4.98 Å². The Labute approximate surface area is 101 Å². The Balaban J connectivity index is 2.37. The van der Waals surface area contributed by atoms with Crippen molar-refractivity contribution in [3.05, 3.63) is 47.7 Å². The molecule has 0 aliphatic heterocycles. The lowest BCUT2D eigenvalue weighted by atomic mass is 10.2. The Morgan fingerprint density at radius 3 is 2.44 bits per heavy atom. The predicted molar refractivity (Wildman–Crippen MR) is 59.8 cm³/mol. The molecule has 0 fully saturated rings. The molecule has 0 aliphatic carbocycles. The van der Waals surface area contributed by atoms with Crippen LogP contribution in [0.3, 0.4) is 0 Å². The van der Waals surface area contributed by atoms with Crippen LogP contribution in [-0.4, -0.2) is 4.98 Å². The van der Waals surface area contributed by atoms with E-state index in [1.54, 1.807) is 0 Å². The van der Waals surface area contributed by atoms with Gasteiger partial charge in [-0.15, -0.1) is 0 Å². The zero-order valence-corrected chi connectivity index (χ0v) is 9.02. The standard InChI is InChI=1S/C12H7F2N3O/c13-8-2-9(14)4-11(3-8)18-12-7(5-15)1-10(16)6-17-12/h1-4,6H,16H2. The average Bonchev–Trinajstić information content (AvgIpc) is 2.30. The first-order valence-corrected chi connectivity index (χ1v) is 4.88. The van der Waals surface area contributed by atoms with Crippen molar-refractivity contribution >= 4 is 5.69 Å². The Hall–Kier alpha value is -2.68. The summed E-state index contributed by atoms with van der Waals surface area (Å²) < 4.78 is 31.1. The lowest BCUT2D eigenvalue weighted by Crippen LogP contribution is -1.95. The number of nitrogens with two attached hydrogens (primary N) is 1. The van der Waals surface area contributed by atoms with Crippen molar-refractivity contribution in [3.8, 4) is 17.7 Å². The van der Waals surface area contributed by atoms with E-state index in [4.69, 9.17) is 15.7 Å². The van der Waals surface area contributed by atoms with Crippen LogP contribution in [0, 0.1) is 23.0 Å². The Kier molecular flexibility index (Phi) is 3.06. The number of aromatic nitrogens is 1. The molecular weight excluding hydrogens is 240 g/mol. The molecule has 0 radical (unpaired) electrons. The zero-order chi connectivity index (χ0) is 13.1. The highest BCUT2D eigenvalue weighted by Gasteiger charge is 2.09. The van der Waals surface area contributed by atoms with E-state index in [1.165, 1.54) is 12.3 Å². The molecule has 18 heavy (non-hydrogen) atoms. The highest BCUT2D eigenvalue weighted by Crippen LogP contribution is 2.25. The molecule has 90 valence electrons. The smallest absolute Gasteiger partial charge is 0.237 e. The summed E-state index contributed by atoms with van der Waals surface area (Å²) in [6, 6.07) is 5.88. The van der Waals surface area contributed by atoms with Crippen LogP contribution >= 0.6 is 0 Å². The van der Waals surface area contributed by atoms with Crippen LogP contribution in [0.1, 0.15) is 5.56 Å². The molecule has 0 unspecified atom stereocenters. The Morgan fingerprint density at radius 2 is 1.83 bits per heavy atom. The molecule has 2 aromatic rings. The molecule has 2 N–H and O–H groups in total. The van der Waals surface area contributed by atoms with Gasteiger partial charge in [0.1, 0.15) is 29.0 Å². The van der Waals surface area contributed by atoms with Crippen molar-refractivity contribution in [1.82, 2.24) is 4.98 Å². The number of benzene rings is 1. The summed E-state index contributed by atoms with van der Waals surface area (Å²) in [6.45, 7) is 0. The van der Waals surface area contributed by atoms with Gasteiger partial charge in [0.2, 0.25) is 5.88 Å². The molecule has 0 spiro atoms. The topological polar surface area (TPSA) is 71.9 Å². The van der Waals surface area contributed by atoms with E-state index in [9.17, 15) is 8.78 Å². The van der Waals surface area contributed by atoms with Crippen LogP contribution in [0.25, 0.3) is 0 Å². The third kappa shape index (κ3) is 2.52. The van der Waals surface area contributed by atoms with Gasteiger partial charge in [0, 0.05) is 18.2 Å². The normalized spacial score (nSPS) is 9.83. The number of pyridine rings is 1. The maximum Gasteiger partial charge on any atom is 0.237 e. The second-order valence-corrected chi connectivity index (χ2v) is 3.44. The third-order valence-electron chi connectivity index (χ3n) is 2.04. The number of rotatable bonds is 2. The lowest BCUT2D eigenvalue weighted by Gasteiger charge is -2.06. The van der Waals surface area contributed by atoms with Crippen LogP contribution < -0.4 is 10.5 Å². The van der Waals surface area contributed by atoms with Crippen LogP contribution in [-0.2, 0) is 0 Å². The monoisotopic (exact) mass is 247 g/mol. The quantitative estimate of drug-likeness (QED) is 0.885. The maximum absolute atomic E-state index is 13.0. The summed E-state index contributed by atoms with van der Waals surface area (Å²) >= 11 is 0. The maximum atomic E-state index is 13.0. The van der Waals surface area contributed by atoms with Crippen molar-refractivity contribution < 1.29 is 13.5 Å². The predicted octanol–water partition coefficient (Wildman–Crippen LogP) is 2.61. The highest BCUT2D eigenvalue weighted by atomic mass is 19.1. The number of halogens is 2. The molecule has 0 amide bonds. The fourth-order valence-corrected chi connectivity index (χ4v) is 1.33. The van der Waals surface area contributed by atoms with Crippen LogP contribution in [0.4, 0.5) is 14.5 Å². The zero-order valence-electron chi connectivity index (χ0n) is 9.02. The summed E-state index contributed by atoms with van der Waals surface area (Å²) in [5.74, 6) is -1.70. The molecular formula is C12H7F2N3O. The van der Waals surface area contributed by atoms with Gasteiger partial charge in [0.25, 0.3) is 0 Å². The number of ether oxygens (including phenoxy) is 1. The van der Waals surface area contributed by atoms with Crippen molar-refractivity contribution in [2.75, 3.05) is 5.73 Å². The molecule has 0 saturated heterocycles. The summed E-state index contributed by atoms with van der Waals surface area (Å²) in [5, 5.41) is 8.86. The van der Waals surface area contributed by atoms with Gasteiger partial charge in [-0.2, -0.15) is 5.26 Å². The number of anilines is 1. The first-order chi connectivity index (χ1) is 8.58. The van der Waals surface area contributed by atoms with E-state index in [1.807, 2.05) is 6.07 Å². The van der Waals surface area contributed by atoms with Gasteiger partial charge >= 0.3 is 0 Å². The van der Waals surface area contributed by atoms with Gasteiger partial charge in [-0.3, -0.25) is 0 Å². The Morgan fingerprint density at radius 1 is 1.17 bits per heavy atom. The number of hydrogen-bond donors (Lipinski definition) is 1. The van der Waals surface area contributed by atoms with Crippen LogP contribution in [0.15, 0.2) is 30.5 Å². The van der Waals surface area contributed by atoms with Crippen molar-refractivity contribution in [2.24, 2.45) is 0 Å². The van der Waals surface area contributed by atoms with Gasteiger partial charge in [-0.25, -0.2) is 13.8 Å². The minimum atomic E-state index is -0.779. The molecule has 0 bridgehead atoms. The van der Waals surface area contributed by atoms with Crippen molar-refractivity contribution in [3.63, 3.8) is 0 Å². The summed E-state index contributed by atoms with van der Waals surface area (Å²) in [6.07, 6.45) is 1.28. The molecule has 2 rings (SSSR count). The van der Waals surface area contributed by atoms with Crippen molar-refractivity contribution in [1.29, 1.82) is 5.26 Å². The molecule has 1 aromatic heterocycles. The minimum Gasteiger partial charge on any atom is -0.437 e. The molecule has 0 atom stereocenters. The number of hydrogen-bond acceptors (Lipinski definition) is 4. The second kappa shape index (κ2) is 4.67. The van der Waals surface area contributed by atoms with E-state index in [0.29, 0.717) is 11.8 Å². The molecule has 1 heterocycles. The van der Waals surface area contributed by atoms with E-state index >= 15 is 0 Å². The fraction of sp³-hybridized carbons (Fsp3) is 0. The van der Waals surface area contributed by atoms with Crippen LogP contribution in [0.2, 0.25) is 0 Å². The first kappa shape index (κ1) is 11.8. The minimum absolute atomic E-state index is 0.0586. The second-order valence-electron chi connectivity index (χ2n) is 3.44. The van der Waals surface area contributed by atoms with Crippen LogP contribution in [0.5, 0.6) is 11.6 Å².